The number of benzene rings is 1. The molecule has 1 aromatic carbocycles. The number of nitrogens with one attached hydrogen (secondary N) is 3. The molecule has 0 aliphatic carbocycles. The molecule has 1 aliphatic rings. The van der Waals surface area contributed by atoms with E-state index in [2.05, 4.69) is 27.3 Å². The minimum Gasteiger partial charge on any atom is -0.494 e. The van der Waals surface area contributed by atoms with Crippen molar-refractivity contribution in [1.82, 2.24) is 15.4 Å². The third-order valence-electron chi connectivity index (χ3n) is 4.25. The molecule has 9 heteroatoms. The van der Waals surface area contributed by atoms with E-state index in [4.69, 9.17) is 9.47 Å². The summed E-state index contributed by atoms with van der Waals surface area (Å²) in [5.41, 5.74) is 2.12. The lowest BCUT2D eigenvalue weighted by molar-refractivity contribution is 0.254. The summed E-state index contributed by atoms with van der Waals surface area (Å²) in [4.78, 5) is 4.61. The molecule has 1 unspecified atom stereocenters. The molecule has 0 saturated heterocycles. The first-order valence-electron chi connectivity index (χ1n) is 9.83. The van der Waals surface area contributed by atoms with Crippen LogP contribution in [0.1, 0.15) is 38.8 Å². The van der Waals surface area contributed by atoms with Crippen LogP contribution in [0.3, 0.4) is 0 Å². The molecular formula is C19H32N4O4S. The van der Waals surface area contributed by atoms with E-state index < -0.39 is 10.0 Å². The number of ether oxygens (including phenoxy) is 2. The normalized spacial score (nSPS) is 16.4. The van der Waals surface area contributed by atoms with Gasteiger partial charge in [-0.1, -0.05) is 0 Å². The van der Waals surface area contributed by atoms with Crippen molar-refractivity contribution in [2.45, 2.75) is 46.8 Å². The van der Waals surface area contributed by atoms with Crippen LogP contribution in [0.5, 0.6) is 11.5 Å². The van der Waals surface area contributed by atoms with Crippen LogP contribution < -0.4 is 24.8 Å². The van der Waals surface area contributed by atoms with E-state index in [0.29, 0.717) is 38.7 Å². The van der Waals surface area contributed by atoms with Gasteiger partial charge in [0.05, 0.1) is 18.9 Å². The van der Waals surface area contributed by atoms with E-state index in [1.807, 2.05) is 26.0 Å². The van der Waals surface area contributed by atoms with Crippen LogP contribution >= 0.6 is 0 Å². The van der Waals surface area contributed by atoms with E-state index >= 15 is 0 Å². The van der Waals surface area contributed by atoms with Crippen LogP contribution in [0.4, 0.5) is 0 Å². The molecule has 0 saturated carbocycles. The lowest BCUT2D eigenvalue weighted by Crippen LogP contribution is -2.41. The van der Waals surface area contributed by atoms with E-state index in [1.54, 1.807) is 6.92 Å². The number of nitrogens with zero attached hydrogens (tertiary/aromatic N) is 1. The Morgan fingerprint density at radius 1 is 1.25 bits per heavy atom. The van der Waals surface area contributed by atoms with E-state index in [0.717, 1.165) is 29.0 Å². The standard InChI is InChI=1S/C19H32N4O4S/c1-5-20-19(21-8-9-23-28(24,25)7-3)22-13-16-12-18-15(10-14(4)27-18)11-17(16)26-6-2/h11-12,14,23H,5-10,13H2,1-4H3,(H2,20,21,22). The fraction of sp³-hybridized carbons (Fsp3) is 0.632. The summed E-state index contributed by atoms with van der Waals surface area (Å²) >= 11 is 0. The predicted molar refractivity (Wildman–Crippen MR) is 112 cm³/mol. The van der Waals surface area contributed by atoms with Gasteiger partial charge in [0.2, 0.25) is 10.0 Å². The van der Waals surface area contributed by atoms with Crippen LogP contribution in [0.25, 0.3) is 0 Å². The van der Waals surface area contributed by atoms with Gasteiger partial charge in [-0.05, 0) is 39.8 Å². The van der Waals surface area contributed by atoms with Crippen LogP contribution in [0.2, 0.25) is 0 Å². The Kier molecular flexibility index (Phi) is 8.37. The van der Waals surface area contributed by atoms with E-state index in [1.165, 1.54) is 0 Å². The van der Waals surface area contributed by atoms with Gasteiger partial charge < -0.3 is 20.1 Å². The van der Waals surface area contributed by atoms with Crippen molar-refractivity contribution in [3.63, 3.8) is 0 Å². The van der Waals surface area contributed by atoms with Gasteiger partial charge in [-0.25, -0.2) is 18.1 Å². The first-order chi connectivity index (χ1) is 13.4. The lowest BCUT2D eigenvalue weighted by atomic mass is 10.1. The minimum absolute atomic E-state index is 0.0698. The third kappa shape index (κ3) is 6.56. The Balaban J connectivity index is 2.04. The molecule has 0 spiro atoms. The Labute approximate surface area is 168 Å². The van der Waals surface area contributed by atoms with Crippen molar-refractivity contribution < 1.29 is 17.9 Å². The number of guanidine groups is 1. The van der Waals surface area contributed by atoms with Crippen LogP contribution in [-0.2, 0) is 23.0 Å². The molecule has 1 aliphatic heterocycles. The summed E-state index contributed by atoms with van der Waals surface area (Å²) in [6, 6.07) is 4.05. The van der Waals surface area contributed by atoms with E-state index in [9.17, 15) is 8.42 Å². The minimum atomic E-state index is -3.19. The first kappa shape index (κ1) is 22.3. The summed E-state index contributed by atoms with van der Waals surface area (Å²) in [6.07, 6.45) is 1.06. The molecule has 158 valence electrons. The van der Waals surface area contributed by atoms with Crippen molar-refractivity contribution in [3.8, 4) is 11.5 Å². The van der Waals surface area contributed by atoms with Gasteiger partial charge >= 0.3 is 0 Å². The Hall–Kier alpha value is -2.00. The SMILES string of the molecule is CCNC(=NCc1cc2c(cc1OCC)CC(C)O2)NCCNS(=O)(=O)CC. The zero-order valence-electron chi connectivity index (χ0n) is 17.2. The Morgan fingerprint density at radius 2 is 2.04 bits per heavy atom. The lowest BCUT2D eigenvalue weighted by Gasteiger charge is -2.14. The van der Waals surface area contributed by atoms with E-state index in [-0.39, 0.29) is 11.9 Å². The molecule has 2 rings (SSSR count). The van der Waals surface area contributed by atoms with Crippen LogP contribution in [-0.4, -0.2) is 52.5 Å². The van der Waals surface area contributed by atoms with Gasteiger partial charge in [0.25, 0.3) is 0 Å². The molecule has 0 aromatic heterocycles. The molecule has 3 N–H and O–H groups in total. The second-order valence-electron chi connectivity index (χ2n) is 6.55. The molecule has 1 aromatic rings. The highest BCUT2D eigenvalue weighted by Gasteiger charge is 2.21. The zero-order chi connectivity index (χ0) is 20.6. The molecule has 1 heterocycles. The smallest absolute Gasteiger partial charge is 0.211 e. The summed E-state index contributed by atoms with van der Waals surface area (Å²) in [7, 11) is -3.19. The third-order valence-corrected chi connectivity index (χ3v) is 5.65. The van der Waals surface area contributed by atoms with Gasteiger partial charge in [-0.3, -0.25) is 0 Å². The average molecular weight is 413 g/mol. The molecule has 0 amide bonds. The second-order valence-corrected chi connectivity index (χ2v) is 8.65. The molecule has 0 radical (unpaired) electrons. The van der Waals surface area contributed by atoms with Crippen LogP contribution in [0.15, 0.2) is 17.1 Å². The van der Waals surface area contributed by atoms with Gasteiger partial charge in [-0.15, -0.1) is 0 Å². The molecule has 28 heavy (non-hydrogen) atoms. The van der Waals surface area contributed by atoms with Crippen molar-refractivity contribution in [2.24, 2.45) is 4.99 Å². The largest absolute Gasteiger partial charge is 0.494 e. The second kappa shape index (κ2) is 10.5. The molecule has 0 fully saturated rings. The van der Waals surface area contributed by atoms with Crippen LogP contribution in [0, 0.1) is 0 Å². The monoisotopic (exact) mass is 412 g/mol. The number of aliphatic imine (C=N–C) groups is 1. The fourth-order valence-corrected chi connectivity index (χ4v) is 3.51. The van der Waals surface area contributed by atoms with Crippen molar-refractivity contribution in [1.29, 1.82) is 0 Å². The Bertz CT molecular complexity index is 780. The maximum Gasteiger partial charge on any atom is 0.211 e. The first-order valence-corrected chi connectivity index (χ1v) is 11.5. The predicted octanol–water partition coefficient (Wildman–Crippen LogP) is 1.40. The summed E-state index contributed by atoms with van der Waals surface area (Å²) in [5, 5.41) is 6.30. The topological polar surface area (TPSA) is 101 Å². The van der Waals surface area contributed by atoms with Crippen molar-refractivity contribution >= 4 is 16.0 Å². The van der Waals surface area contributed by atoms with Gasteiger partial charge in [0.15, 0.2) is 5.96 Å². The molecule has 8 nitrogen and oxygen atoms in total. The summed E-state index contributed by atoms with van der Waals surface area (Å²) in [5.74, 6) is 2.41. The number of sulfonamides is 1. The highest BCUT2D eigenvalue weighted by atomic mass is 32.2. The van der Waals surface area contributed by atoms with Crippen molar-refractivity contribution in [2.75, 3.05) is 32.0 Å². The molecular weight excluding hydrogens is 380 g/mol. The highest BCUT2D eigenvalue weighted by molar-refractivity contribution is 7.89. The van der Waals surface area contributed by atoms with Crippen molar-refractivity contribution in [3.05, 3.63) is 23.3 Å². The van der Waals surface area contributed by atoms with Gasteiger partial charge in [0, 0.05) is 37.2 Å². The molecule has 0 bridgehead atoms. The van der Waals surface area contributed by atoms with Gasteiger partial charge in [-0.2, -0.15) is 0 Å². The number of hydrogen-bond acceptors (Lipinski definition) is 5. The maximum atomic E-state index is 11.5. The highest BCUT2D eigenvalue weighted by Crippen LogP contribution is 2.35. The number of rotatable bonds is 10. The average Bonchev–Trinajstić information content (AvgIpc) is 3.02. The molecule has 1 atom stereocenters. The number of fused-ring (bicyclic) bond motifs is 1. The summed E-state index contributed by atoms with van der Waals surface area (Å²) < 4.78 is 37.2. The summed E-state index contributed by atoms with van der Waals surface area (Å²) in [6.45, 7) is 10.1. The zero-order valence-corrected chi connectivity index (χ0v) is 18.0. The Morgan fingerprint density at radius 3 is 2.71 bits per heavy atom. The van der Waals surface area contributed by atoms with Gasteiger partial charge in [0.1, 0.15) is 17.6 Å². The fourth-order valence-electron chi connectivity index (χ4n) is 2.89. The number of hydrogen-bond donors (Lipinski definition) is 3. The maximum absolute atomic E-state index is 11.5. The quantitative estimate of drug-likeness (QED) is 0.305.